The SMILES string of the molecule is COC12CCC[C@@H](C1)C(C)(CI)OO2. The molecule has 0 aromatic rings. The van der Waals surface area contributed by atoms with Crippen molar-refractivity contribution in [1.82, 2.24) is 0 Å². The Morgan fingerprint density at radius 3 is 2.93 bits per heavy atom. The van der Waals surface area contributed by atoms with Gasteiger partial charge in [-0.15, -0.1) is 0 Å². The first-order valence-electron chi connectivity index (χ1n) is 5.12. The molecule has 2 rings (SSSR count). The van der Waals surface area contributed by atoms with Gasteiger partial charge in [0.2, 0.25) is 5.79 Å². The molecule has 0 radical (unpaired) electrons. The predicted molar refractivity (Wildman–Crippen MR) is 61.2 cm³/mol. The second kappa shape index (κ2) is 3.88. The standard InChI is InChI=1S/C10H17IO3/c1-9(7-11)8-4-3-5-10(6-8,12-2)14-13-9/h8H,3-7H2,1-2H3/t8-,9?,10?/m0/s1. The summed E-state index contributed by atoms with van der Waals surface area (Å²) in [5.41, 5.74) is -0.122. The summed E-state index contributed by atoms with van der Waals surface area (Å²) in [6.45, 7) is 2.13. The molecule has 2 aliphatic rings. The van der Waals surface area contributed by atoms with Crippen LogP contribution in [-0.2, 0) is 14.5 Å². The van der Waals surface area contributed by atoms with Gasteiger partial charge in [0.1, 0.15) is 5.60 Å². The van der Waals surface area contributed by atoms with Crippen LogP contribution in [0.5, 0.6) is 0 Å². The van der Waals surface area contributed by atoms with Crippen LogP contribution in [0.3, 0.4) is 0 Å². The van der Waals surface area contributed by atoms with Gasteiger partial charge in [-0.1, -0.05) is 22.6 Å². The highest BCUT2D eigenvalue weighted by atomic mass is 127. The van der Waals surface area contributed by atoms with E-state index < -0.39 is 5.79 Å². The predicted octanol–water partition coefficient (Wildman–Crippen LogP) is 2.67. The molecule has 0 amide bonds. The first-order chi connectivity index (χ1) is 6.64. The molecule has 3 atom stereocenters. The van der Waals surface area contributed by atoms with Gasteiger partial charge in [0.15, 0.2) is 0 Å². The van der Waals surface area contributed by atoms with E-state index in [0.29, 0.717) is 5.92 Å². The van der Waals surface area contributed by atoms with Gasteiger partial charge in [0.25, 0.3) is 0 Å². The molecule has 1 aliphatic carbocycles. The van der Waals surface area contributed by atoms with E-state index in [1.807, 2.05) is 0 Å². The summed E-state index contributed by atoms with van der Waals surface area (Å²) < 4.78 is 6.41. The number of alkyl halides is 1. The lowest BCUT2D eigenvalue weighted by atomic mass is 9.75. The Kier molecular flexibility index (Phi) is 3.08. The number of fused-ring (bicyclic) bond motifs is 2. The van der Waals surface area contributed by atoms with E-state index in [9.17, 15) is 0 Å². The van der Waals surface area contributed by atoms with E-state index in [0.717, 1.165) is 17.3 Å². The minimum absolute atomic E-state index is 0.122. The smallest absolute Gasteiger partial charge is 0.201 e. The first kappa shape index (κ1) is 11.1. The molecule has 1 saturated carbocycles. The highest BCUT2D eigenvalue weighted by molar-refractivity contribution is 14.1. The molecule has 0 aromatic heterocycles. The molecule has 14 heavy (non-hydrogen) atoms. The summed E-state index contributed by atoms with van der Waals surface area (Å²) in [6.07, 6.45) is 4.34. The lowest BCUT2D eigenvalue weighted by Crippen LogP contribution is -2.55. The third kappa shape index (κ3) is 1.70. The van der Waals surface area contributed by atoms with E-state index in [1.54, 1.807) is 7.11 Å². The molecule has 82 valence electrons. The van der Waals surface area contributed by atoms with Crippen LogP contribution in [0.25, 0.3) is 0 Å². The Morgan fingerprint density at radius 2 is 2.29 bits per heavy atom. The zero-order chi connectivity index (χ0) is 10.2. The van der Waals surface area contributed by atoms with Crippen molar-refractivity contribution in [3.05, 3.63) is 0 Å². The van der Waals surface area contributed by atoms with Crippen molar-refractivity contribution in [1.29, 1.82) is 0 Å². The van der Waals surface area contributed by atoms with Crippen LogP contribution in [0.2, 0.25) is 0 Å². The van der Waals surface area contributed by atoms with Crippen LogP contribution in [0.15, 0.2) is 0 Å². The molecule has 1 saturated heterocycles. The molecule has 4 heteroatoms. The summed E-state index contributed by atoms with van der Waals surface area (Å²) in [5, 5.41) is 0. The maximum atomic E-state index is 5.54. The van der Waals surface area contributed by atoms with Crippen LogP contribution in [-0.4, -0.2) is 22.9 Å². The number of methoxy groups -OCH3 is 1. The molecule has 0 spiro atoms. The zero-order valence-electron chi connectivity index (χ0n) is 8.72. The summed E-state index contributed by atoms with van der Waals surface area (Å²) in [5.74, 6) is 0.121. The highest BCUT2D eigenvalue weighted by Gasteiger charge is 2.51. The van der Waals surface area contributed by atoms with Gasteiger partial charge >= 0.3 is 0 Å². The summed E-state index contributed by atoms with van der Waals surface area (Å²) in [6, 6.07) is 0. The fourth-order valence-corrected chi connectivity index (χ4v) is 3.13. The number of hydrogen-bond acceptors (Lipinski definition) is 3. The van der Waals surface area contributed by atoms with Crippen LogP contribution in [0.4, 0.5) is 0 Å². The molecular weight excluding hydrogens is 295 g/mol. The van der Waals surface area contributed by atoms with Gasteiger partial charge in [-0.2, -0.15) is 0 Å². The van der Waals surface area contributed by atoms with Gasteiger partial charge in [-0.3, -0.25) is 0 Å². The van der Waals surface area contributed by atoms with Crippen molar-refractivity contribution in [2.24, 2.45) is 5.92 Å². The minimum Gasteiger partial charge on any atom is -0.351 e. The monoisotopic (exact) mass is 312 g/mol. The number of rotatable bonds is 2. The van der Waals surface area contributed by atoms with Crippen molar-refractivity contribution >= 4 is 22.6 Å². The normalized spacial score (nSPS) is 47.8. The zero-order valence-corrected chi connectivity index (χ0v) is 10.9. The maximum Gasteiger partial charge on any atom is 0.201 e. The van der Waals surface area contributed by atoms with E-state index in [-0.39, 0.29) is 5.60 Å². The van der Waals surface area contributed by atoms with E-state index >= 15 is 0 Å². The average Bonchev–Trinajstić information content (AvgIpc) is 2.25. The molecule has 2 bridgehead atoms. The molecule has 0 aromatic carbocycles. The van der Waals surface area contributed by atoms with Crippen molar-refractivity contribution in [3.8, 4) is 0 Å². The molecule has 0 N–H and O–H groups in total. The molecule has 2 unspecified atom stereocenters. The van der Waals surface area contributed by atoms with E-state index in [2.05, 4.69) is 29.5 Å². The second-order valence-electron chi connectivity index (χ2n) is 4.52. The van der Waals surface area contributed by atoms with Gasteiger partial charge in [-0.05, 0) is 25.7 Å². The van der Waals surface area contributed by atoms with Crippen LogP contribution in [0, 0.1) is 5.92 Å². The van der Waals surface area contributed by atoms with Crippen molar-refractivity contribution in [3.63, 3.8) is 0 Å². The van der Waals surface area contributed by atoms with Crippen LogP contribution in [0.1, 0.15) is 32.6 Å². The average molecular weight is 312 g/mol. The Labute approximate surface area is 98.5 Å². The maximum absolute atomic E-state index is 5.54. The van der Waals surface area contributed by atoms with Crippen molar-refractivity contribution in [2.75, 3.05) is 11.5 Å². The quantitative estimate of drug-likeness (QED) is 0.446. The summed E-state index contributed by atoms with van der Waals surface area (Å²) >= 11 is 2.36. The highest BCUT2D eigenvalue weighted by Crippen LogP contribution is 2.47. The van der Waals surface area contributed by atoms with Crippen LogP contribution >= 0.6 is 22.6 Å². The topological polar surface area (TPSA) is 27.7 Å². The summed E-state index contributed by atoms with van der Waals surface area (Å²) in [7, 11) is 1.71. The molecular formula is C10H17IO3. The molecule has 2 fully saturated rings. The third-order valence-corrected chi connectivity index (χ3v) is 5.07. The molecule has 3 nitrogen and oxygen atoms in total. The Morgan fingerprint density at radius 1 is 1.50 bits per heavy atom. The largest absolute Gasteiger partial charge is 0.351 e. The molecule has 1 heterocycles. The molecule has 1 aliphatic heterocycles. The fraction of sp³-hybridized carbons (Fsp3) is 1.00. The Bertz CT molecular complexity index is 217. The van der Waals surface area contributed by atoms with Crippen molar-refractivity contribution < 1.29 is 14.5 Å². The lowest BCUT2D eigenvalue weighted by molar-refractivity contribution is -0.501. The first-order valence-corrected chi connectivity index (χ1v) is 6.65. The fourth-order valence-electron chi connectivity index (χ4n) is 2.38. The van der Waals surface area contributed by atoms with Crippen LogP contribution < -0.4 is 0 Å². The lowest BCUT2D eigenvalue weighted by Gasteiger charge is -2.50. The minimum atomic E-state index is -0.450. The van der Waals surface area contributed by atoms with Crippen molar-refractivity contribution in [2.45, 2.75) is 44.0 Å². The second-order valence-corrected chi connectivity index (χ2v) is 5.28. The number of ether oxygens (including phenoxy) is 1. The van der Waals surface area contributed by atoms with E-state index in [4.69, 9.17) is 14.5 Å². The Hall–Kier alpha value is 0.610. The van der Waals surface area contributed by atoms with Gasteiger partial charge in [0.05, 0.1) is 0 Å². The van der Waals surface area contributed by atoms with E-state index in [1.165, 1.54) is 12.8 Å². The van der Waals surface area contributed by atoms with Gasteiger partial charge in [-0.25, -0.2) is 9.78 Å². The van der Waals surface area contributed by atoms with Gasteiger partial charge < -0.3 is 4.74 Å². The third-order valence-electron chi connectivity index (χ3n) is 3.55. The number of hydrogen-bond donors (Lipinski definition) is 0. The Balaban J connectivity index is 2.15. The van der Waals surface area contributed by atoms with Gasteiger partial charge in [0, 0.05) is 24.4 Å². The number of halogens is 1. The summed E-state index contributed by atoms with van der Waals surface area (Å²) in [4.78, 5) is 11.0.